The molecule has 0 bridgehead atoms. The highest BCUT2D eigenvalue weighted by Crippen LogP contribution is 1.87. The lowest BCUT2D eigenvalue weighted by molar-refractivity contribution is 2.81. The maximum Gasteiger partial charge on any atom is 0.354 e. The fourth-order valence-electron chi connectivity index (χ4n) is 0. The first kappa shape index (κ1) is 4.64. The minimum absolute atomic E-state index is 0.722. The van der Waals surface area contributed by atoms with Crippen molar-refractivity contribution in [2.75, 3.05) is 0 Å². The Hall–Kier alpha value is 0.645. The van der Waals surface area contributed by atoms with Crippen molar-refractivity contribution in [1.29, 1.82) is 0 Å². The van der Waals surface area contributed by atoms with Gasteiger partial charge in [-0.2, -0.15) is 22.9 Å². The Labute approximate surface area is 36.0 Å². The van der Waals surface area contributed by atoms with E-state index in [1.54, 1.807) is 0 Å². The SMILES string of the molecule is [CH]B(Cl)Cl. The second-order valence-electron chi connectivity index (χ2n) is 0.334. The van der Waals surface area contributed by atoms with Crippen LogP contribution in [0, 0.1) is 6.82 Å². The summed E-state index contributed by atoms with van der Waals surface area (Å²) >= 11 is 9.64. The number of hydrogen-bond acceptors (Lipinski definition) is 0. The molecule has 0 spiro atoms. The summed E-state index contributed by atoms with van der Waals surface area (Å²) < 4.78 is 0. The second kappa shape index (κ2) is 1.92. The van der Waals surface area contributed by atoms with Gasteiger partial charge in [0.15, 0.2) is 0 Å². The molecule has 0 aromatic rings. The van der Waals surface area contributed by atoms with Gasteiger partial charge in [0.2, 0.25) is 0 Å². The maximum absolute atomic E-state index is 4.82. The zero-order valence-electron chi connectivity index (χ0n) is 1.91. The number of halogens is 2. The van der Waals surface area contributed by atoms with Gasteiger partial charge in [-0.1, -0.05) is 0 Å². The van der Waals surface area contributed by atoms with Gasteiger partial charge in [-0.05, 0) is 6.82 Å². The van der Waals surface area contributed by atoms with E-state index in [4.69, 9.17) is 22.9 Å². The third kappa shape index (κ3) is 17.2. The fraction of sp³-hybridized carbons (Fsp3) is 0. The van der Waals surface area contributed by atoms with Crippen LogP contribution in [0.25, 0.3) is 0 Å². The van der Waals surface area contributed by atoms with Crippen LogP contribution in [-0.4, -0.2) is 5.54 Å². The van der Waals surface area contributed by atoms with Crippen LogP contribution in [0.5, 0.6) is 0 Å². The molecule has 3 heteroatoms. The molecule has 0 amide bonds. The number of rotatable bonds is 0. The Morgan fingerprint density at radius 1 is 1.50 bits per heavy atom. The van der Waals surface area contributed by atoms with Gasteiger partial charge < -0.3 is 0 Å². The summed E-state index contributed by atoms with van der Waals surface area (Å²) in [5.74, 6) is 0. The van der Waals surface area contributed by atoms with Crippen LogP contribution in [0.4, 0.5) is 0 Å². The molecular formula is CHBCl2. The fourth-order valence-corrected chi connectivity index (χ4v) is 0. The van der Waals surface area contributed by atoms with Gasteiger partial charge in [0.05, 0.1) is 0 Å². The van der Waals surface area contributed by atoms with Crippen LogP contribution in [-0.2, 0) is 0 Å². The molecule has 0 N–H and O–H groups in total. The first-order chi connectivity index (χ1) is 1.73. The summed E-state index contributed by atoms with van der Waals surface area (Å²) in [6.07, 6.45) is 0. The zero-order valence-corrected chi connectivity index (χ0v) is 3.42. The van der Waals surface area contributed by atoms with Crippen molar-refractivity contribution in [2.45, 2.75) is 0 Å². The van der Waals surface area contributed by atoms with E-state index in [-0.39, 0.29) is 0 Å². The minimum atomic E-state index is -0.722. The highest BCUT2D eigenvalue weighted by Gasteiger charge is 1.86. The van der Waals surface area contributed by atoms with Crippen molar-refractivity contribution in [3.8, 4) is 0 Å². The summed E-state index contributed by atoms with van der Waals surface area (Å²) in [6, 6.07) is 0. The predicted octanol–water partition coefficient (Wildman–Crippen LogP) is 1.20. The Morgan fingerprint density at radius 3 is 1.50 bits per heavy atom. The quantitative estimate of drug-likeness (QED) is 0.396. The van der Waals surface area contributed by atoms with Crippen LogP contribution in [0.2, 0.25) is 0 Å². The summed E-state index contributed by atoms with van der Waals surface area (Å²) in [6.45, 7) is 4.64. The molecule has 4 heavy (non-hydrogen) atoms. The highest BCUT2D eigenvalue weighted by atomic mass is 35.5. The van der Waals surface area contributed by atoms with Crippen molar-refractivity contribution < 1.29 is 0 Å². The Kier molecular flexibility index (Phi) is 2.23. The van der Waals surface area contributed by atoms with E-state index in [1.165, 1.54) is 0 Å². The van der Waals surface area contributed by atoms with Crippen LogP contribution in [0.1, 0.15) is 0 Å². The van der Waals surface area contributed by atoms with Crippen LogP contribution in [0.15, 0.2) is 0 Å². The summed E-state index contributed by atoms with van der Waals surface area (Å²) in [7, 11) is 0. The lowest BCUT2D eigenvalue weighted by atomic mass is 10.2. The lowest BCUT2D eigenvalue weighted by Crippen LogP contribution is -1.75. The summed E-state index contributed by atoms with van der Waals surface area (Å²) in [4.78, 5) is 0. The van der Waals surface area contributed by atoms with Crippen molar-refractivity contribution in [3.63, 3.8) is 0 Å². The molecular weight excluding hydrogens is 93.7 g/mol. The third-order valence-corrected chi connectivity index (χ3v) is 0. The first-order valence-corrected chi connectivity index (χ1v) is 1.64. The van der Waals surface area contributed by atoms with E-state index in [9.17, 15) is 0 Å². The molecule has 0 saturated heterocycles. The van der Waals surface area contributed by atoms with E-state index in [0.29, 0.717) is 0 Å². The largest absolute Gasteiger partial charge is 0.354 e. The monoisotopic (exact) mass is 94.0 g/mol. The standard InChI is InChI=1S/CHBCl2/c1-2(3)4/h1H. The van der Waals surface area contributed by atoms with Gasteiger partial charge in [-0.15, -0.1) is 0 Å². The maximum atomic E-state index is 4.82. The molecule has 0 unspecified atom stereocenters. The number of hydrogen-bond donors (Lipinski definition) is 0. The zero-order chi connectivity index (χ0) is 3.58. The average Bonchev–Trinajstić information content (AvgIpc) is 0.811. The highest BCUT2D eigenvalue weighted by molar-refractivity contribution is 7.34. The first-order valence-electron chi connectivity index (χ1n) is 0.770. The molecule has 0 aliphatic carbocycles. The molecule has 0 fully saturated rings. The molecule has 0 aliphatic rings. The molecule has 0 aromatic heterocycles. The Morgan fingerprint density at radius 2 is 1.50 bits per heavy atom. The van der Waals surface area contributed by atoms with Gasteiger partial charge in [0, 0.05) is 0 Å². The van der Waals surface area contributed by atoms with E-state index in [0.717, 1.165) is 0 Å². The molecule has 22 valence electrons. The van der Waals surface area contributed by atoms with Gasteiger partial charge in [0.1, 0.15) is 0 Å². The van der Waals surface area contributed by atoms with Crippen LogP contribution >= 0.6 is 22.9 Å². The Bertz CT molecular complexity index is 10.8. The van der Waals surface area contributed by atoms with Crippen LogP contribution < -0.4 is 0 Å². The van der Waals surface area contributed by atoms with E-state index >= 15 is 0 Å². The van der Waals surface area contributed by atoms with Gasteiger partial charge in [-0.3, -0.25) is 0 Å². The average molecular weight is 94.7 g/mol. The Balaban J connectivity index is 2.32. The summed E-state index contributed by atoms with van der Waals surface area (Å²) in [5, 5.41) is 0. The van der Waals surface area contributed by atoms with Crippen molar-refractivity contribution in [2.24, 2.45) is 0 Å². The topological polar surface area (TPSA) is 0 Å². The van der Waals surface area contributed by atoms with Gasteiger partial charge >= 0.3 is 5.54 Å². The molecule has 0 atom stereocenters. The van der Waals surface area contributed by atoms with Crippen molar-refractivity contribution in [1.82, 2.24) is 0 Å². The van der Waals surface area contributed by atoms with Crippen molar-refractivity contribution >= 4 is 28.5 Å². The molecule has 2 radical (unpaired) electrons. The second-order valence-corrected chi connectivity index (χ2v) is 1.50. The molecule has 0 aliphatic heterocycles. The molecule has 0 aromatic carbocycles. The minimum Gasteiger partial charge on any atom is -0.171 e. The van der Waals surface area contributed by atoms with Crippen molar-refractivity contribution in [3.05, 3.63) is 6.82 Å². The predicted molar refractivity (Wildman–Crippen MR) is 21.8 cm³/mol. The molecule has 0 heterocycles. The van der Waals surface area contributed by atoms with Crippen LogP contribution in [0.3, 0.4) is 0 Å². The lowest BCUT2D eigenvalue weighted by Gasteiger charge is -1.64. The summed E-state index contributed by atoms with van der Waals surface area (Å²) in [5.41, 5.74) is -0.722. The molecule has 0 nitrogen and oxygen atoms in total. The molecule has 0 saturated carbocycles. The van der Waals surface area contributed by atoms with E-state index in [1.807, 2.05) is 0 Å². The van der Waals surface area contributed by atoms with Gasteiger partial charge in [0.25, 0.3) is 0 Å². The normalized spacial score (nSPS) is 6.75. The van der Waals surface area contributed by atoms with E-state index < -0.39 is 5.54 Å². The van der Waals surface area contributed by atoms with E-state index in [2.05, 4.69) is 6.82 Å². The molecule has 0 rings (SSSR count). The smallest absolute Gasteiger partial charge is 0.171 e. The third-order valence-electron chi connectivity index (χ3n) is 0. The van der Waals surface area contributed by atoms with Gasteiger partial charge in [-0.25, -0.2) is 0 Å².